The molecular formula is C32H36F3N5O6. The second-order valence-electron chi connectivity index (χ2n) is 11.0. The van der Waals surface area contributed by atoms with Gasteiger partial charge in [-0.05, 0) is 67.6 Å². The van der Waals surface area contributed by atoms with Gasteiger partial charge in [0.25, 0.3) is 5.91 Å². The number of carbonyl (C=O) groups is 3. The molecule has 4 rings (SSSR count). The van der Waals surface area contributed by atoms with E-state index in [4.69, 9.17) is 9.47 Å². The molecule has 46 heavy (non-hydrogen) atoms. The minimum Gasteiger partial charge on any atom is -0.497 e. The van der Waals surface area contributed by atoms with Crippen LogP contribution in [0, 0.1) is 5.92 Å². The number of anilines is 3. The number of nitrogens with one attached hydrogen (secondary N) is 3. The molecule has 3 aromatic carbocycles. The van der Waals surface area contributed by atoms with Gasteiger partial charge < -0.3 is 40.3 Å². The maximum Gasteiger partial charge on any atom is 0.416 e. The van der Waals surface area contributed by atoms with E-state index in [9.17, 15) is 32.7 Å². The second-order valence-corrected chi connectivity index (χ2v) is 11.0. The van der Waals surface area contributed by atoms with Crippen LogP contribution in [0.25, 0.3) is 0 Å². The first-order valence-corrected chi connectivity index (χ1v) is 14.4. The van der Waals surface area contributed by atoms with Crippen LogP contribution in [0.5, 0.6) is 11.5 Å². The molecule has 0 radical (unpaired) electrons. The fourth-order valence-electron chi connectivity index (χ4n) is 4.83. The van der Waals surface area contributed by atoms with E-state index < -0.39 is 41.9 Å². The summed E-state index contributed by atoms with van der Waals surface area (Å²) in [6.07, 6.45) is -5.20. The number of hydrogen-bond acceptors (Lipinski definition) is 6. The molecule has 3 atom stereocenters. The molecule has 0 spiro atoms. The van der Waals surface area contributed by atoms with Crippen LogP contribution in [-0.2, 0) is 6.18 Å². The molecule has 0 saturated heterocycles. The number of likely N-dealkylation sites (N-methyl/N-ethyl adjacent to an activating group) is 1. The van der Waals surface area contributed by atoms with Crippen LogP contribution in [0.1, 0.15) is 29.8 Å². The number of urea groups is 2. The minimum absolute atomic E-state index is 0.0470. The fraction of sp³-hybridized carbons (Fsp3) is 0.344. The summed E-state index contributed by atoms with van der Waals surface area (Å²) in [5.41, 5.74) is 0.0411. The lowest BCUT2D eigenvalue weighted by molar-refractivity contribution is -0.137. The first-order chi connectivity index (χ1) is 21.8. The number of methoxy groups -OCH3 is 1. The van der Waals surface area contributed by atoms with E-state index in [1.54, 1.807) is 51.4 Å². The molecule has 11 nitrogen and oxygen atoms in total. The lowest BCUT2D eigenvalue weighted by atomic mass is 9.99. The molecule has 0 unspecified atom stereocenters. The highest BCUT2D eigenvalue weighted by atomic mass is 19.4. The highest BCUT2D eigenvalue weighted by Crippen LogP contribution is 2.35. The first-order valence-electron chi connectivity index (χ1n) is 14.4. The van der Waals surface area contributed by atoms with Gasteiger partial charge in [-0.3, -0.25) is 4.79 Å². The lowest BCUT2D eigenvalue weighted by Gasteiger charge is -2.38. The molecule has 0 bridgehead atoms. The number of hydrogen-bond donors (Lipinski definition) is 4. The van der Waals surface area contributed by atoms with Gasteiger partial charge in [0, 0.05) is 30.9 Å². The van der Waals surface area contributed by atoms with Crippen molar-refractivity contribution in [3.05, 3.63) is 77.9 Å². The Morgan fingerprint density at radius 3 is 2.28 bits per heavy atom. The topological polar surface area (TPSA) is 132 Å². The van der Waals surface area contributed by atoms with Crippen molar-refractivity contribution in [2.24, 2.45) is 5.92 Å². The van der Waals surface area contributed by atoms with Gasteiger partial charge in [-0.1, -0.05) is 13.0 Å². The lowest BCUT2D eigenvalue weighted by Crippen LogP contribution is -2.50. The monoisotopic (exact) mass is 643 g/mol. The molecule has 1 aliphatic rings. The van der Waals surface area contributed by atoms with E-state index in [0.717, 1.165) is 24.3 Å². The summed E-state index contributed by atoms with van der Waals surface area (Å²) in [5.74, 6) is -0.0863. The Morgan fingerprint density at radius 2 is 1.67 bits per heavy atom. The standard InChI is InChI=1S/C32H36F3N5O6/c1-19-16-40(20(2)18-41)29(42)25-6-5-7-26(38-30(43)36-22-10-8-21(9-11-22)32(33,34)35)28(25)46-27(19)17-39(3)31(44)37-23-12-14-24(45-4)15-13-23/h5-15,19-20,27,41H,16-18H2,1-4H3,(H,37,44)(H2,36,38,43)/t19-,20+,27+/m1/s1. The zero-order valence-electron chi connectivity index (χ0n) is 25.7. The summed E-state index contributed by atoms with van der Waals surface area (Å²) >= 11 is 0. The van der Waals surface area contributed by atoms with Crippen LogP contribution in [0.15, 0.2) is 66.7 Å². The summed E-state index contributed by atoms with van der Waals surface area (Å²) < 4.78 is 50.4. The van der Waals surface area contributed by atoms with Crippen molar-refractivity contribution >= 4 is 35.0 Å². The van der Waals surface area contributed by atoms with Crippen molar-refractivity contribution in [1.29, 1.82) is 0 Å². The van der Waals surface area contributed by atoms with Crippen LogP contribution in [0.3, 0.4) is 0 Å². The number of carbonyl (C=O) groups excluding carboxylic acids is 3. The zero-order chi connectivity index (χ0) is 33.6. The number of aliphatic hydroxyl groups is 1. The van der Waals surface area contributed by atoms with Crippen LogP contribution in [-0.4, -0.2) is 78.9 Å². The van der Waals surface area contributed by atoms with E-state index in [2.05, 4.69) is 16.0 Å². The predicted octanol–water partition coefficient (Wildman–Crippen LogP) is 5.74. The summed E-state index contributed by atoms with van der Waals surface area (Å²) in [7, 11) is 3.13. The largest absolute Gasteiger partial charge is 0.497 e. The number of para-hydroxylation sites is 1. The Labute approximate surface area is 264 Å². The Hall–Kier alpha value is -4.98. The highest BCUT2D eigenvalue weighted by molar-refractivity contribution is 6.04. The van der Waals surface area contributed by atoms with Crippen LogP contribution >= 0.6 is 0 Å². The quantitative estimate of drug-likeness (QED) is 0.248. The van der Waals surface area contributed by atoms with Crippen LogP contribution < -0.4 is 25.4 Å². The molecule has 14 heteroatoms. The normalized spacial score (nSPS) is 17.0. The molecule has 0 saturated carbocycles. The van der Waals surface area contributed by atoms with Crippen molar-refractivity contribution in [3.8, 4) is 11.5 Å². The molecule has 246 valence electrons. The highest BCUT2D eigenvalue weighted by Gasteiger charge is 2.35. The number of halogens is 3. The molecular weight excluding hydrogens is 607 g/mol. The van der Waals surface area contributed by atoms with Crippen molar-refractivity contribution in [2.45, 2.75) is 32.2 Å². The molecule has 3 aromatic rings. The number of rotatable bonds is 8. The van der Waals surface area contributed by atoms with Gasteiger partial charge in [0.1, 0.15) is 11.9 Å². The van der Waals surface area contributed by atoms with Gasteiger partial charge in [0.05, 0.1) is 43.1 Å². The third kappa shape index (κ3) is 8.18. The molecule has 0 aromatic heterocycles. The molecule has 0 fully saturated rings. The predicted molar refractivity (Wildman–Crippen MR) is 166 cm³/mol. The van der Waals surface area contributed by atoms with Crippen molar-refractivity contribution in [3.63, 3.8) is 0 Å². The van der Waals surface area contributed by atoms with E-state index in [-0.39, 0.29) is 48.3 Å². The van der Waals surface area contributed by atoms with Crippen molar-refractivity contribution < 1.29 is 42.1 Å². The van der Waals surface area contributed by atoms with Gasteiger partial charge in [0.15, 0.2) is 5.75 Å². The van der Waals surface area contributed by atoms with Gasteiger partial charge >= 0.3 is 18.2 Å². The number of nitrogens with zero attached hydrogens (tertiary/aromatic N) is 2. The smallest absolute Gasteiger partial charge is 0.416 e. The number of ether oxygens (including phenoxy) is 2. The average Bonchev–Trinajstić information content (AvgIpc) is 3.02. The van der Waals surface area contributed by atoms with Gasteiger partial charge in [-0.25, -0.2) is 9.59 Å². The van der Waals surface area contributed by atoms with Gasteiger partial charge in [-0.15, -0.1) is 0 Å². The average molecular weight is 644 g/mol. The third-order valence-electron chi connectivity index (χ3n) is 7.55. The minimum atomic E-state index is -4.52. The fourth-order valence-corrected chi connectivity index (χ4v) is 4.83. The summed E-state index contributed by atoms with van der Waals surface area (Å²) in [6.45, 7) is 3.56. The van der Waals surface area contributed by atoms with E-state index in [1.165, 1.54) is 21.9 Å². The van der Waals surface area contributed by atoms with E-state index in [1.807, 2.05) is 6.92 Å². The summed E-state index contributed by atoms with van der Waals surface area (Å²) in [5, 5.41) is 17.8. The zero-order valence-corrected chi connectivity index (χ0v) is 25.7. The summed E-state index contributed by atoms with van der Waals surface area (Å²) in [6, 6.07) is 13.6. The van der Waals surface area contributed by atoms with E-state index in [0.29, 0.717) is 11.4 Å². The Morgan fingerprint density at radius 1 is 1.04 bits per heavy atom. The van der Waals surface area contributed by atoms with Gasteiger partial charge in [0.2, 0.25) is 0 Å². The maximum absolute atomic E-state index is 13.7. The van der Waals surface area contributed by atoms with Crippen molar-refractivity contribution in [1.82, 2.24) is 9.80 Å². The molecule has 4 N–H and O–H groups in total. The number of aliphatic hydroxyl groups excluding tert-OH is 1. The molecule has 0 aliphatic carbocycles. The van der Waals surface area contributed by atoms with Crippen molar-refractivity contribution in [2.75, 3.05) is 49.8 Å². The number of fused-ring (bicyclic) bond motifs is 1. The van der Waals surface area contributed by atoms with Crippen LogP contribution in [0.2, 0.25) is 0 Å². The van der Waals surface area contributed by atoms with Gasteiger partial charge in [-0.2, -0.15) is 13.2 Å². The molecule has 1 heterocycles. The Balaban J connectivity index is 1.58. The number of amides is 5. The Kier molecular flexibility index (Phi) is 10.6. The number of benzene rings is 3. The molecule has 5 amide bonds. The second kappa shape index (κ2) is 14.4. The SMILES string of the molecule is COc1ccc(NC(=O)N(C)C[C@@H]2Oc3c(NC(=O)Nc4ccc(C(F)(F)F)cc4)cccc3C(=O)N([C@@H](C)CO)C[C@H]2C)cc1. The molecule has 1 aliphatic heterocycles. The Bertz CT molecular complexity index is 1530. The van der Waals surface area contributed by atoms with E-state index >= 15 is 0 Å². The van der Waals surface area contributed by atoms with Crippen LogP contribution in [0.4, 0.5) is 39.8 Å². The first kappa shape index (κ1) is 33.9. The maximum atomic E-state index is 13.7. The summed E-state index contributed by atoms with van der Waals surface area (Å²) in [4.78, 5) is 42.7. The number of alkyl halides is 3. The third-order valence-corrected chi connectivity index (χ3v) is 7.55.